The van der Waals surface area contributed by atoms with E-state index in [-0.39, 0.29) is 5.91 Å². The lowest BCUT2D eigenvalue weighted by Gasteiger charge is -2.27. The van der Waals surface area contributed by atoms with E-state index in [0.29, 0.717) is 12.2 Å². The third-order valence-corrected chi connectivity index (χ3v) is 3.91. The molecule has 0 saturated heterocycles. The van der Waals surface area contributed by atoms with Crippen molar-refractivity contribution < 1.29 is 4.79 Å². The zero-order valence-electron chi connectivity index (χ0n) is 12.8. The standard InChI is InChI=1S/C15H21N5O/c1-18(2)9-13-11-6-8-20(10-14(11)19(3)17-13)15(21)12-5-4-7-16-12/h4-5,7,16H,6,8-10H2,1-3H3. The molecule has 0 aliphatic carbocycles. The fourth-order valence-corrected chi connectivity index (χ4v) is 2.89. The molecule has 112 valence electrons. The number of rotatable bonds is 3. The molecular weight excluding hydrogens is 266 g/mol. The molecule has 3 heterocycles. The second kappa shape index (κ2) is 5.37. The van der Waals surface area contributed by atoms with E-state index in [9.17, 15) is 4.79 Å². The molecule has 21 heavy (non-hydrogen) atoms. The monoisotopic (exact) mass is 287 g/mol. The summed E-state index contributed by atoms with van der Waals surface area (Å²) in [6.07, 6.45) is 2.65. The van der Waals surface area contributed by atoms with Crippen LogP contribution in [-0.2, 0) is 26.6 Å². The molecule has 2 aromatic heterocycles. The second-order valence-electron chi connectivity index (χ2n) is 5.79. The number of carbonyl (C=O) groups is 1. The number of hydrogen-bond donors (Lipinski definition) is 1. The van der Waals surface area contributed by atoms with Crippen molar-refractivity contribution in [2.75, 3.05) is 20.6 Å². The Balaban J connectivity index is 1.83. The molecule has 0 saturated carbocycles. The number of carbonyl (C=O) groups excluding carboxylic acids is 1. The van der Waals surface area contributed by atoms with Gasteiger partial charge in [-0.05, 0) is 32.6 Å². The highest BCUT2D eigenvalue weighted by molar-refractivity contribution is 5.92. The van der Waals surface area contributed by atoms with Gasteiger partial charge in [0.1, 0.15) is 5.69 Å². The topological polar surface area (TPSA) is 57.2 Å². The molecule has 6 nitrogen and oxygen atoms in total. The van der Waals surface area contributed by atoms with Gasteiger partial charge in [0.25, 0.3) is 5.91 Å². The van der Waals surface area contributed by atoms with E-state index in [4.69, 9.17) is 0 Å². The van der Waals surface area contributed by atoms with Crippen LogP contribution in [0.2, 0.25) is 0 Å². The maximum absolute atomic E-state index is 12.4. The Morgan fingerprint density at radius 1 is 1.48 bits per heavy atom. The molecule has 0 radical (unpaired) electrons. The van der Waals surface area contributed by atoms with Gasteiger partial charge in [-0.1, -0.05) is 0 Å². The minimum Gasteiger partial charge on any atom is -0.357 e. The van der Waals surface area contributed by atoms with Crippen molar-refractivity contribution >= 4 is 5.91 Å². The summed E-state index contributed by atoms with van der Waals surface area (Å²) in [7, 11) is 6.05. The van der Waals surface area contributed by atoms with Crippen LogP contribution in [0.1, 0.15) is 27.4 Å². The van der Waals surface area contributed by atoms with Crippen molar-refractivity contribution in [1.82, 2.24) is 24.6 Å². The first-order valence-corrected chi connectivity index (χ1v) is 7.17. The van der Waals surface area contributed by atoms with Crippen molar-refractivity contribution in [3.63, 3.8) is 0 Å². The number of fused-ring (bicyclic) bond motifs is 1. The number of amides is 1. The number of aromatic nitrogens is 3. The lowest BCUT2D eigenvalue weighted by molar-refractivity contribution is 0.0725. The molecule has 0 unspecified atom stereocenters. The lowest BCUT2D eigenvalue weighted by Crippen LogP contribution is -2.37. The van der Waals surface area contributed by atoms with Crippen LogP contribution in [0.5, 0.6) is 0 Å². The Kier molecular flexibility index (Phi) is 3.55. The van der Waals surface area contributed by atoms with Gasteiger partial charge in [0.2, 0.25) is 0 Å². The minimum absolute atomic E-state index is 0.0565. The summed E-state index contributed by atoms with van der Waals surface area (Å²) in [6.45, 7) is 2.22. The molecule has 0 bridgehead atoms. The first-order valence-electron chi connectivity index (χ1n) is 7.17. The van der Waals surface area contributed by atoms with E-state index < -0.39 is 0 Å². The number of H-pyrrole nitrogens is 1. The number of nitrogens with zero attached hydrogens (tertiary/aromatic N) is 4. The van der Waals surface area contributed by atoms with E-state index >= 15 is 0 Å². The fraction of sp³-hybridized carbons (Fsp3) is 0.467. The van der Waals surface area contributed by atoms with Crippen molar-refractivity contribution in [2.24, 2.45) is 7.05 Å². The Hall–Kier alpha value is -2.08. The van der Waals surface area contributed by atoms with Crippen LogP contribution in [0, 0.1) is 0 Å². The van der Waals surface area contributed by atoms with Crippen LogP contribution < -0.4 is 0 Å². The first-order chi connectivity index (χ1) is 10.1. The molecule has 3 rings (SSSR count). The molecule has 1 aliphatic heterocycles. The van der Waals surface area contributed by atoms with Gasteiger partial charge < -0.3 is 14.8 Å². The summed E-state index contributed by atoms with van der Waals surface area (Å²) in [6, 6.07) is 3.67. The van der Waals surface area contributed by atoms with Crippen LogP contribution in [0.4, 0.5) is 0 Å². The van der Waals surface area contributed by atoms with E-state index in [1.54, 1.807) is 6.20 Å². The SMILES string of the molecule is CN(C)Cc1nn(C)c2c1CCN(C(=O)c1ccc[nH]1)C2. The van der Waals surface area contributed by atoms with Crippen molar-refractivity contribution in [1.29, 1.82) is 0 Å². The number of nitrogens with one attached hydrogen (secondary N) is 1. The van der Waals surface area contributed by atoms with E-state index in [2.05, 4.69) is 15.0 Å². The maximum atomic E-state index is 12.4. The summed E-state index contributed by atoms with van der Waals surface area (Å²) in [4.78, 5) is 19.4. The molecular formula is C15H21N5O. The fourth-order valence-electron chi connectivity index (χ4n) is 2.89. The van der Waals surface area contributed by atoms with Crippen molar-refractivity contribution in [2.45, 2.75) is 19.5 Å². The van der Waals surface area contributed by atoms with E-state index in [1.807, 2.05) is 42.9 Å². The third kappa shape index (κ3) is 2.58. The van der Waals surface area contributed by atoms with Gasteiger partial charge >= 0.3 is 0 Å². The Labute approximate surface area is 124 Å². The summed E-state index contributed by atoms with van der Waals surface area (Å²) in [5.41, 5.74) is 4.23. The third-order valence-electron chi connectivity index (χ3n) is 3.91. The highest BCUT2D eigenvalue weighted by Gasteiger charge is 2.27. The molecule has 1 amide bonds. The predicted molar refractivity (Wildman–Crippen MR) is 79.8 cm³/mol. The predicted octanol–water partition coefficient (Wildman–Crippen LogP) is 1.01. The average molecular weight is 287 g/mol. The molecule has 2 aromatic rings. The highest BCUT2D eigenvalue weighted by atomic mass is 16.2. The highest BCUT2D eigenvalue weighted by Crippen LogP contribution is 2.23. The Morgan fingerprint density at radius 3 is 2.95 bits per heavy atom. The van der Waals surface area contributed by atoms with Crippen molar-refractivity contribution in [3.05, 3.63) is 41.0 Å². The minimum atomic E-state index is 0.0565. The number of hydrogen-bond acceptors (Lipinski definition) is 3. The van der Waals surface area contributed by atoms with Crippen LogP contribution in [0.3, 0.4) is 0 Å². The zero-order chi connectivity index (χ0) is 15.0. The Morgan fingerprint density at radius 2 is 2.29 bits per heavy atom. The van der Waals surface area contributed by atoms with E-state index in [0.717, 1.165) is 30.9 Å². The van der Waals surface area contributed by atoms with Crippen LogP contribution in [-0.4, -0.2) is 51.1 Å². The molecule has 1 aliphatic rings. The van der Waals surface area contributed by atoms with Gasteiger partial charge in [0.15, 0.2) is 0 Å². The largest absolute Gasteiger partial charge is 0.357 e. The summed E-state index contributed by atoms with van der Waals surface area (Å²) < 4.78 is 1.92. The molecule has 0 spiro atoms. The molecule has 0 aromatic carbocycles. The van der Waals surface area contributed by atoms with Gasteiger partial charge in [-0.15, -0.1) is 0 Å². The molecule has 6 heteroatoms. The Bertz CT molecular complexity index is 641. The zero-order valence-corrected chi connectivity index (χ0v) is 12.8. The summed E-state index contributed by atoms with van der Waals surface area (Å²) >= 11 is 0. The van der Waals surface area contributed by atoms with Gasteiger partial charge in [-0.2, -0.15) is 5.10 Å². The summed E-state index contributed by atoms with van der Waals surface area (Å²) in [5, 5.41) is 4.62. The quantitative estimate of drug-likeness (QED) is 0.916. The van der Waals surface area contributed by atoms with Crippen LogP contribution in [0.15, 0.2) is 18.3 Å². The number of aromatic amines is 1. The molecule has 0 atom stereocenters. The first kappa shape index (κ1) is 13.9. The average Bonchev–Trinajstić information content (AvgIpc) is 3.07. The van der Waals surface area contributed by atoms with Gasteiger partial charge in [0.05, 0.1) is 17.9 Å². The van der Waals surface area contributed by atoms with Gasteiger partial charge in [-0.25, -0.2) is 0 Å². The smallest absolute Gasteiger partial charge is 0.270 e. The maximum Gasteiger partial charge on any atom is 0.270 e. The van der Waals surface area contributed by atoms with Gasteiger partial charge in [-0.3, -0.25) is 9.48 Å². The normalized spacial score (nSPS) is 14.6. The number of aryl methyl sites for hydroxylation is 1. The van der Waals surface area contributed by atoms with Crippen LogP contribution >= 0.6 is 0 Å². The second-order valence-corrected chi connectivity index (χ2v) is 5.79. The van der Waals surface area contributed by atoms with Crippen LogP contribution in [0.25, 0.3) is 0 Å². The molecule has 0 fully saturated rings. The van der Waals surface area contributed by atoms with Gasteiger partial charge in [0, 0.05) is 31.9 Å². The molecule has 1 N–H and O–H groups in total. The lowest BCUT2D eigenvalue weighted by atomic mass is 10.0. The van der Waals surface area contributed by atoms with Crippen molar-refractivity contribution in [3.8, 4) is 0 Å². The summed E-state index contributed by atoms with van der Waals surface area (Å²) in [5.74, 6) is 0.0565. The van der Waals surface area contributed by atoms with E-state index in [1.165, 1.54) is 5.56 Å².